The van der Waals surface area contributed by atoms with Crippen LogP contribution in [0.25, 0.3) is 22.0 Å². The van der Waals surface area contributed by atoms with Crippen LogP contribution in [-0.2, 0) is 6.42 Å². The number of rotatable bonds is 3. The monoisotopic (exact) mass is 410 g/mol. The fourth-order valence-electron chi connectivity index (χ4n) is 3.52. The highest BCUT2D eigenvalue weighted by Crippen LogP contribution is 2.45. The number of benzene rings is 2. The number of fused-ring (bicyclic) bond motifs is 3. The van der Waals surface area contributed by atoms with Crippen LogP contribution in [0.5, 0.6) is 5.75 Å². The number of aromatic nitrogens is 1. The standard InChI is InChI=1S/C20H15ClF4N2O/c1-10-8-11(22)2-3-12(10)13-4-5-15-16(18(13)28-9-20(23,24)25)17-14(6-7-26-17)19(21)27-15/h2-5,8,26H,6-7,9H2,1H3. The molecule has 0 saturated carbocycles. The average Bonchev–Trinajstić information content (AvgIpc) is 3.10. The fraction of sp³-hybridized carbons (Fsp3) is 0.250. The summed E-state index contributed by atoms with van der Waals surface area (Å²) in [5.74, 6) is -0.366. The molecule has 0 aliphatic carbocycles. The Morgan fingerprint density at radius 1 is 1.18 bits per heavy atom. The van der Waals surface area contributed by atoms with E-state index < -0.39 is 18.6 Å². The zero-order chi connectivity index (χ0) is 20.1. The molecule has 8 heteroatoms. The van der Waals surface area contributed by atoms with Crippen molar-refractivity contribution in [1.82, 2.24) is 4.98 Å². The molecule has 146 valence electrons. The SMILES string of the molecule is Cc1cc(F)ccc1-c1ccc2nc(Cl)c3c(c2c1OCC(F)(F)F)NCC3. The second kappa shape index (κ2) is 6.81. The van der Waals surface area contributed by atoms with Gasteiger partial charge >= 0.3 is 6.18 Å². The third-order valence-corrected chi connectivity index (χ3v) is 5.00. The second-order valence-electron chi connectivity index (χ2n) is 6.63. The van der Waals surface area contributed by atoms with Gasteiger partial charge in [-0.2, -0.15) is 13.2 Å². The van der Waals surface area contributed by atoms with E-state index in [-0.39, 0.29) is 5.75 Å². The number of anilines is 1. The predicted molar refractivity (Wildman–Crippen MR) is 101 cm³/mol. The number of hydrogen-bond acceptors (Lipinski definition) is 3. The normalized spacial score (nSPS) is 13.5. The summed E-state index contributed by atoms with van der Waals surface area (Å²) in [7, 11) is 0. The zero-order valence-electron chi connectivity index (χ0n) is 14.8. The molecule has 0 radical (unpaired) electrons. The number of nitrogens with one attached hydrogen (secondary N) is 1. The first kappa shape index (κ1) is 18.8. The van der Waals surface area contributed by atoms with E-state index in [0.717, 1.165) is 5.56 Å². The lowest BCUT2D eigenvalue weighted by atomic mass is 9.96. The topological polar surface area (TPSA) is 34.1 Å². The molecule has 0 unspecified atom stereocenters. The highest BCUT2D eigenvalue weighted by molar-refractivity contribution is 6.31. The molecule has 2 heterocycles. The molecular formula is C20H15ClF4N2O. The van der Waals surface area contributed by atoms with Gasteiger partial charge in [-0.25, -0.2) is 9.37 Å². The summed E-state index contributed by atoms with van der Waals surface area (Å²) in [6.45, 7) is 0.851. The maximum absolute atomic E-state index is 13.5. The van der Waals surface area contributed by atoms with Crippen LogP contribution in [0.3, 0.4) is 0 Å². The summed E-state index contributed by atoms with van der Waals surface area (Å²) in [4.78, 5) is 4.33. The van der Waals surface area contributed by atoms with Gasteiger partial charge in [0.15, 0.2) is 6.61 Å². The highest BCUT2D eigenvalue weighted by Gasteiger charge is 2.31. The smallest absolute Gasteiger partial charge is 0.422 e. The number of halogens is 5. The molecule has 0 atom stereocenters. The molecule has 28 heavy (non-hydrogen) atoms. The Kier molecular flexibility index (Phi) is 4.57. The Bertz CT molecular complexity index is 1080. The summed E-state index contributed by atoms with van der Waals surface area (Å²) in [6, 6.07) is 7.43. The maximum atomic E-state index is 13.5. The Hall–Kier alpha value is -2.54. The van der Waals surface area contributed by atoms with E-state index in [4.69, 9.17) is 16.3 Å². The van der Waals surface area contributed by atoms with Crippen molar-refractivity contribution >= 4 is 28.2 Å². The summed E-state index contributed by atoms with van der Waals surface area (Å²) in [5.41, 5.74) is 3.42. The highest BCUT2D eigenvalue weighted by atomic mass is 35.5. The molecule has 3 aromatic rings. The molecule has 1 aliphatic heterocycles. The van der Waals surface area contributed by atoms with Gasteiger partial charge in [0.25, 0.3) is 0 Å². The molecule has 0 fully saturated rings. The quantitative estimate of drug-likeness (QED) is 0.430. The van der Waals surface area contributed by atoms with Crippen LogP contribution in [0.15, 0.2) is 30.3 Å². The maximum Gasteiger partial charge on any atom is 0.422 e. The molecule has 0 bridgehead atoms. The third-order valence-electron chi connectivity index (χ3n) is 4.69. The van der Waals surface area contributed by atoms with Gasteiger partial charge in [0.2, 0.25) is 0 Å². The van der Waals surface area contributed by atoms with E-state index in [1.807, 2.05) is 0 Å². The first-order valence-electron chi connectivity index (χ1n) is 8.59. The number of aryl methyl sites for hydroxylation is 1. The molecule has 1 aromatic heterocycles. The van der Waals surface area contributed by atoms with E-state index in [2.05, 4.69) is 10.3 Å². The van der Waals surface area contributed by atoms with Crippen molar-refractivity contribution in [3.63, 3.8) is 0 Å². The fourth-order valence-corrected chi connectivity index (χ4v) is 3.80. The summed E-state index contributed by atoms with van der Waals surface area (Å²) >= 11 is 6.24. The zero-order valence-corrected chi connectivity index (χ0v) is 15.5. The van der Waals surface area contributed by atoms with E-state index >= 15 is 0 Å². The predicted octanol–water partition coefficient (Wildman–Crippen LogP) is 5.91. The van der Waals surface area contributed by atoms with Crippen molar-refractivity contribution in [2.24, 2.45) is 0 Å². The van der Waals surface area contributed by atoms with Crippen LogP contribution in [0, 0.1) is 12.7 Å². The van der Waals surface area contributed by atoms with Gasteiger partial charge in [-0.15, -0.1) is 0 Å². The Morgan fingerprint density at radius 3 is 2.64 bits per heavy atom. The van der Waals surface area contributed by atoms with Crippen molar-refractivity contribution in [3.05, 3.63) is 52.4 Å². The van der Waals surface area contributed by atoms with Gasteiger partial charge in [-0.05, 0) is 48.7 Å². The van der Waals surface area contributed by atoms with Crippen molar-refractivity contribution < 1.29 is 22.3 Å². The van der Waals surface area contributed by atoms with Crippen molar-refractivity contribution in [1.29, 1.82) is 0 Å². The summed E-state index contributed by atoms with van der Waals surface area (Å²) in [5, 5.41) is 3.94. The summed E-state index contributed by atoms with van der Waals surface area (Å²) < 4.78 is 57.6. The van der Waals surface area contributed by atoms with Crippen LogP contribution in [0.2, 0.25) is 5.15 Å². The van der Waals surface area contributed by atoms with Crippen molar-refractivity contribution in [3.8, 4) is 16.9 Å². The van der Waals surface area contributed by atoms with Gasteiger partial charge in [0.1, 0.15) is 16.7 Å². The lowest BCUT2D eigenvalue weighted by molar-refractivity contribution is -0.153. The minimum Gasteiger partial charge on any atom is -0.483 e. The Morgan fingerprint density at radius 2 is 1.93 bits per heavy atom. The van der Waals surface area contributed by atoms with E-state index in [1.54, 1.807) is 19.1 Å². The lowest BCUT2D eigenvalue weighted by Crippen LogP contribution is -2.19. The Balaban J connectivity index is 2.00. The third kappa shape index (κ3) is 3.35. The van der Waals surface area contributed by atoms with E-state index in [1.165, 1.54) is 18.2 Å². The van der Waals surface area contributed by atoms with Crippen LogP contribution in [0.4, 0.5) is 23.2 Å². The molecule has 0 amide bonds. The van der Waals surface area contributed by atoms with Gasteiger partial charge in [-0.1, -0.05) is 17.7 Å². The molecular weight excluding hydrogens is 396 g/mol. The lowest BCUT2D eigenvalue weighted by Gasteiger charge is -2.19. The van der Waals surface area contributed by atoms with Crippen molar-refractivity contribution in [2.45, 2.75) is 19.5 Å². The molecule has 1 N–H and O–H groups in total. The molecule has 0 saturated heterocycles. The van der Waals surface area contributed by atoms with Gasteiger partial charge in [0, 0.05) is 17.7 Å². The van der Waals surface area contributed by atoms with Crippen LogP contribution < -0.4 is 10.1 Å². The average molecular weight is 411 g/mol. The second-order valence-corrected chi connectivity index (χ2v) is 6.99. The first-order valence-corrected chi connectivity index (χ1v) is 8.97. The van der Waals surface area contributed by atoms with E-state index in [9.17, 15) is 17.6 Å². The molecule has 0 spiro atoms. The Labute approximate surface area is 163 Å². The van der Waals surface area contributed by atoms with Gasteiger partial charge < -0.3 is 10.1 Å². The number of nitrogens with zero attached hydrogens (tertiary/aromatic N) is 1. The molecule has 4 rings (SSSR count). The first-order chi connectivity index (χ1) is 13.2. The largest absolute Gasteiger partial charge is 0.483 e. The minimum atomic E-state index is -4.51. The number of ether oxygens (including phenoxy) is 1. The molecule has 2 aromatic carbocycles. The molecule has 1 aliphatic rings. The van der Waals surface area contributed by atoms with Gasteiger partial charge in [-0.3, -0.25) is 0 Å². The molecule has 3 nitrogen and oxygen atoms in total. The van der Waals surface area contributed by atoms with Crippen molar-refractivity contribution in [2.75, 3.05) is 18.5 Å². The number of pyridine rings is 1. The van der Waals surface area contributed by atoms with Gasteiger partial charge in [0.05, 0.1) is 16.6 Å². The van der Waals surface area contributed by atoms with Crippen LogP contribution >= 0.6 is 11.6 Å². The van der Waals surface area contributed by atoms with Crippen LogP contribution in [-0.4, -0.2) is 24.3 Å². The van der Waals surface area contributed by atoms with Crippen LogP contribution in [0.1, 0.15) is 11.1 Å². The minimum absolute atomic E-state index is 0.0550. The number of alkyl halides is 3. The number of hydrogen-bond donors (Lipinski definition) is 1. The van der Waals surface area contributed by atoms with E-state index in [0.29, 0.717) is 51.4 Å². The summed E-state index contributed by atoms with van der Waals surface area (Å²) in [6.07, 6.45) is -3.89.